The van der Waals surface area contributed by atoms with Gasteiger partial charge in [0.2, 0.25) is 11.9 Å². The first-order chi connectivity index (χ1) is 33.5. The molecule has 0 saturated carbocycles. The number of nitrogens with zero attached hydrogens (tertiary/aromatic N) is 7. The van der Waals surface area contributed by atoms with E-state index < -0.39 is 102 Å². The van der Waals surface area contributed by atoms with Crippen LogP contribution in [0.2, 0.25) is 0 Å². The van der Waals surface area contributed by atoms with Gasteiger partial charge >= 0.3 is 6.08 Å². The van der Waals surface area contributed by atoms with Gasteiger partial charge in [0.05, 0.1) is 50.5 Å². The first-order valence-electron chi connectivity index (χ1n) is 19.1. The van der Waals surface area contributed by atoms with Crippen molar-refractivity contribution in [1.29, 1.82) is 0 Å². The van der Waals surface area contributed by atoms with Crippen LogP contribution in [0, 0.1) is 6.08 Å². The summed E-state index contributed by atoms with van der Waals surface area (Å²) in [6, 6.07) is 14.6. The van der Waals surface area contributed by atoms with Gasteiger partial charge in [-0.2, -0.15) is 36.2 Å². The number of benzene rings is 5. The van der Waals surface area contributed by atoms with Gasteiger partial charge in [-0.05, 0) is 85.3 Å². The highest BCUT2D eigenvalue weighted by Gasteiger charge is 2.24. The Balaban J connectivity index is 1.34. The van der Waals surface area contributed by atoms with Gasteiger partial charge in [-0.1, -0.05) is 17.0 Å². The van der Waals surface area contributed by atoms with E-state index in [9.17, 15) is 52.3 Å². The van der Waals surface area contributed by atoms with Crippen LogP contribution in [0.1, 0.15) is 13.3 Å². The van der Waals surface area contributed by atoms with Crippen LogP contribution in [0.3, 0.4) is 0 Å². The molecule has 5 aromatic carbocycles. The van der Waals surface area contributed by atoms with Crippen LogP contribution in [0.4, 0.5) is 56.1 Å². The predicted molar refractivity (Wildman–Crippen MR) is 247 cm³/mol. The van der Waals surface area contributed by atoms with Crippen molar-refractivity contribution in [1.82, 2.24) is 15.0 Å². The molecule has 0 aliphatic rings. The van der Waals surface area contributed by atoms with E-state index >= 15 is 0 Å². The Kier molecular flexibility index (Phi) is 17.5. The third kappa shape index (κ3) is 13.8. The Bertz CT molecular complexity index is 3490. The fourth-order valence-electron chi connectivity index (χ4n) is 6.00. The fraction of sp³-hybridized carbons (Fsp3) is 0.139. The number of phenolic OH excluding ortho intramolecular Hbond substituents is 1. The number of halogens is 1. The van der Waals surface area contributed by atoms with Gasteiger partial charge in [0.25, 0.3) is 20.2 Å². The normalized spacial score (nSPS) is 12.6. The number of fused-ring (bicyclic) bond motifs is 1. The smallest absolute Gasteiger partial charge is 0.315 e. The van der Waals surface area contributed by atoms with Crippen LogP contribution >= 0.6 is 24.4 Å². The van der Waals surface area contributed by atoms with Crippen LogP contribution in [0.5, 0.6) is 5.75 Å². The molecule has 0 bridgehead atoms. The lowest BCUT2D eigenvalue weighted by Crippen LogP contribution is -2.12. The maximum absolute atomic E-state index is 14.6. The van der Waals surface area contributed by atoms with Gasteiger partial charge in [-0.25, -0.2) is 27.4 Å². The predicted octanol–water partition coefficient (Wildman–Crippen LogP) is 7.65. The van der Waals surface area contributed by atoms with Crippen molar-refractivity contribution in [3.63, 3.8) is 0 Å². The van der Waals surface area contributed by atoms with E-state index in [1.165, 1.54) is 42.5 Å². The van der Waals surface area contributed by atoms with E-state index in [-0.39, 0.29) is 79.4 Å². The average molecular weight is 1110 g/mol. The summed E-state index contributed by atoms with van der Waals surface area (Å²) in [5.41, 5.74) is 4.32. The van der Waals surface area contributed by atoms with Gasteiger partial charge in [0.15, 0.2) is 37.7 Å². The molecule has 9 N–H and O–H groups in total. The second kappa shape index (κ2) is 22.9. The Labute approximate surface area is 408 Å². The number of nitrogens with one attached hydrogen (secondary N) is 2. The van der Waals surface area contributed by atoms with E-state index in [1.54, 1.807) is 6.92 Å². The monoisotopic (exact) mass is 1100 g/mol. The van der Waals surface area contributed by atoms with Crippen molar-refractivity contribution in [2.24, 2.45) is 20.5 Å². The largest absolute Gasteiger partial charge is 0.505 e. The highest BCUT2D eigenvalue weighted by Crippen LogP contribution is 2.48. The first kappa shape index (κ1) is 54.2. The molecule has 0 aliphatic heterocycles. The number of aromatic nitrogens is 3. The van der Waals surface area contributed by atoms with E-state index in [2.05, 4.69) is 64.8 Å². The van der Waals surface area contributed by atoms with E-state index in [0.29, 0.717) is 12.5 Å². The van der Waals surface area contributed by atoms with Crippen LogP contribution in [0.15, 0.2) is 124 Å². The summed E-state index contributed by atoms with van der Waals surface area (Å²) in [7, 11) is -18.0. The summed E-state index contributed by atoms with van der Waals surface area (Å²) in [6.45, 7) is 1.20. The van der Waals surface area contributed by atoms with E-state index in [4.69, 9.17) is 20.4 Å². The molecule has 71 heavy (non-hydrogen) atoms. The molecule has 0 unspecified atom stereocenters. The molecule has 0 saturated heterocycles. The van der Waals surface area contributed by atoms with Crippen LogP contribution in [-0.2, 0) is 62.8 Å². The molecular weight excluding hydrogens is 1070 g/mol. The molecule has 1 aromatic heterocycles. The number of nitrogen functional groups attached to an aromatic ring is 1. The second-order valence-corrected chi connectivity index (χ2v) is 22.0. The maximum atomic E-state index is 14.6. The third-order valence-electron chi connectivity index (χ3n) is 9.06. The number of aromatic hydroxyl groups is 1. The number of hydrogen-bond donors (Lipinski definition) is 8. The van der Waals surface area contributed by atoms with Crippen molar-refractivity contribution >= 4 is 127 Å². The van der Waals surface area contributed by atoms with Gasteiger partial charge < -0.3 is 21.5 Å². The lowest BCUT2D eigenvalue weighted by Gasteiger charge is -2.12. The van der Waals surface area contributed by atoms with Crippen molar-refractivity contribution in [3.8, 4) is 5.75 Å². The molecule has 0 fully saturated rings. The summed E-state index contributed by atoms with van der Waals surface area (Å²) in [5, 5.41) is 56.6. The Morgan fingerprint density at radius 2 is 1.27 bits per heavy atom. The number of hydrogen-bond acceptors (Lipinski definition) is 28. The number of sulfone groups is 2. The number of azo groups is 2. The Hall–Kier alpha value is -6.16. The topological polar surface area (TPSA) is 422 Å². The molecule has 1 heterocycles. The molecule has 28 nitrogen and oxygen atoms in total. The molecule has 0 radical (unpaired) electrons. The zero-order valence-electron chi connectivity index (χ0n) is 35.4. The fourth-order valence-corrected chi connectivity index (χ4v) is 10.6. The highest BCUT2D eigenvalue weighted by atomic mass is 32.2. The molecule has 6 aromatic rings. The van der Waals surface area contributed by atoms with E-state index in [0.717, 1.165) is 30.3 Å². The summed E-state index contributed by atoms with van der Waals surface area (Å²) in [6.07, 6.45) is -0.869. The lowest BCUT2D eigenvalue weighted by molar-refractivity contribution is -0.434. The first-order valence-corrected chi connectivity index (χ1v) is 26.7. The molecule has 0 spiro atoms. The van der Waals surface area contributed by atoms with Crippen molar-refractivity contribution in [3.05, 3.63) is 84.9 Å². The molecule has 0 atom stereocenters. The van der Waals surface area contributed by atoms with Crippen LogP contribution < -0.4 is 16.4 Å². The Morgan fingerprint density at radius 3 is 1.92 bits per heavy atom. The van der Waals surface area contributed by atoms with Crippen molar-refractivity contribution < 1.29 is 85.7 Å². The van der Waals surface area contributed by atoms with Gasteiger partial charge in [0, 0.05) is 22.1 Å². The lowest BCUT2D eigenvalue weighted by atomic mass is 10.1. The summed E-state index contributed by atoms with van der Waals surface area (Å²) in [5.74, 6) is -2.29. The van der Waals surface area contributed by atoms with E-state index in [1.807, 2.05) is 0 Å². The summed E-state index contributed by atoms with van der Waals surface area (Å²) < 4.78 is 148. The zero-order valence-corrected chi connectivity index (χ0v) is 40.3. The minimum absolute atomic E-state index is 0.0628. The zero-order chi connectivity index (χ0) is 51.7. The summed E-state index contributed by atoms with van der Waals surface area (Å²) >= 11 is 0.307. The van der Waals surface area contributed by atoms with Crippen LogP contribution in [-0.4, -0.2) is 91.5 Å². The van der Waals surface area contributed by atoms with Crippen molar-refractivity contribution in [2.45, 2.75) is 37.8 Å². The number of phenols is 1. The van der Waals surface area contributed by atoms with Gasteiger partial charge in [-0.3, -0.25) is 13.3 Å². The minimum atomic E-state index is -5.18. The SMILES string of the molecule is CCCS(=O)(=O)c1ccc(Nc2nc(F)nc(Nc3ccc(S(=O)(=O)O)c(/N=N/c4c(SOOO)cc5c(/N=N/c6ccc(S(=O)(=O)CCOSOOO)cc6S(=O)(=O)O)c(N)ccc5c4O)c3)n2)cc1. The second-order valence-electron chi connectivity index (χ2n) is 13.8. The molecule has 6 rings (SSSR count). The standard InChI is InChI=1S/C36H33FN10O18S6/c1-2-14-68(51,52)21-6-3-19(4-7-21)39-35-41-34(37)42-36(43-35)40-20-5-12-29(70(55,56)57)27(16-20)45-47-32-28(66-64-62-49)18-24-23(33(32)48)9-10-25(38)31(24)46-44-26-11-8-22(17-30(26)71(58,59)60)69(53,54)15-13-61-67-65-63-50/h3-12,16-18,48-50H,2,13-15,38H2,1H3,(H,55,56,57)(H,58,59,60)(H2,39,40,41,42,43)/b46-44+,47-45+. The molecule has 378 valence electrons. The summed E-state index contributed by atoms with van der Waals surface area (Å²) in [4.78, 5) is 8.64. The molecule has 0 aliphatic carbocycles. The van der Waals surface area contributed by atoms with Crippen LogP contribution in [0.25, 0.3) is 10.8 Å². The Morgan fingerprint density at radius 1 is 0.662 bits per heavy atom. The number of nitrogens with two attached hydrogens (primary N) is 1. The highest BCUT2D eigenvalue weighted by molar-refractivity contribution is 7.94. The average Bonchev–Trinajstić information content (AvgIpc) is 3.29. The van der Waals surface area contributed by atoms with Crippen molar-refractivity contribution in [2.75, 3.05) is 34.5 Å². The quantitative estimate of drug-likeness (QED) is 0.00580. The molecular formula is C36H33FN10O18S6. The van der Waals surface area contributed by atoms with Gasteiger partial charge in [-0.15, -0.1) is 29.1 Å². The van der Waals surface area contributed by atoms with Gasteiger partial charge in [0.1, 0.15) is 32.5 Å². The minimum Gasteiger partial charge on any atom is -0.505 e. The third-order valence-corrected chi connectivity index (χ3v) is 15.5. The number of rotatable bonds is 23. The maximum Gasteiger partial charge on any atom is 0.315 e. The number of anilines is 5. The molecule has 0 amide bonds. The molecule has 35 heteroatoms.